The van der Waals surface area contributed by atoms with E-state index in [1.807, 2.05) is 11.3 Å². The molecule has 0 spiro atoms. The Labute approximate surface area is 497 Å². The molecule has 4 nitrogen and oxygen atoms in total. The highest BCUT2D eigenvalue weighted by molar-refractivity contribution is 7.27. The molecule has 4 aliphatic heterocycles. The first-order chi connectivity index (χ1) is 39.6. The zero-order valence-corrected chi connectivity index (χ0v) is 51.5. The molecule has 0 radical (unpaired) electrons. The largest absolute Gasteiger partial charge is 0.311 e. The van der Waals surface area contributed by atoms with E-state index in [0.717, 1.165) is 23.5 Å². The lowest BCUT2D eigenvalue weighted by Crippen LogP contribution is -2.65. The lowest BCUT2D eigenvalue weighted by Gasteiger charge is -2.47. The van der Waals surface area contributed by atoms with E-state index in [-0.39, 0.29) is 40.5 Å². The summed E-state index contributed by atoms with van der Waals surface area (Å²) in [5.41, 5.74) is 28.2. The normalized spacial score (nSPS) is 16.2. The first-order valence-electron chi connectivity index (χ1n) is 30.3. The van der Waals surface area contributed by atoms with E-state index < -0.39 is 0 Å². The number of fused-ring (bicyclic) bond motifs is 11. The average molecular weight is 1100 g/mol. The van der Waals surface area contributed by atoms with E-state index in [4.69, 9.17) is 0 Å². The SMILES string of the molecule is CC(C)(C)c1cc2c3c(c1)N(c1ccccc1)c1cc4c(cc1B3c1ccccc1N2c1ccccc1)B1c2c(cc(C(C)(C)C)cc2N(c2ccc3c(c2)C(C)(C)CCC3(C)C)c2sc3c(C(C)(C)C)cccc3c21)N4c1ccccc1. The summed E-state index contributed by atoms with van der Waals surface area (Å²) in [7, 11) is 0. The summed E-state index contributed by atoms with van der Waals surface area (Å²) in [5, 5.41) is 2.68. The Balaban J connectivity index is 1.10. The van der Waals surface area contributed by atoms with Gasteiger partial charge >= 0.3 is 0 Å². The molecule has 5 aliphatic rings. The molecule has 0 saturated carbocycles. The minimum atomic E-state index is -0.162. The molecule has 0 atom stereocenters. The number of rotatable bonds is 4. The molecule has 410 valence electrons. The van der Waals surface area contributed by atoms with E-state index in [1.165, 1.54) is 128 Å². The molecule has 15 rings (SSSR count). The number of para-hydroxylation sites is 4. The van der Waals surface area contributed by atoms with Gasteiger partial charge in [-0.1, -0.05) is 193 Å². The summed E-state index contributed by atoms with van der Waals surface area (Å²) in [5.74, 6) is 0. The van der Waals surface area contributed by atoms with Crippen LogP contribution in [0.4, 0.5) is 67.6 Å². The standard InChI is InChI=1S/C76H74B2N4S/c1-72(2,3)47-40-63-68-64(41-47)80(50-28-19-15-20-29-50)61-46-62-59(45-58(61)77(68)57-34-23-24-35-60(57)79(63)49-26-17-14-18-27-49)78-67-53-32-25-33-55(74(7,8)9)70(53)83-71(67)82(52-36-37-54-56(44-52)76(12,13)39-38-75(54,10)11)66-43-48(73(4,5)6)42-65(69(66)78)81(62)51-30-21-16-22-31-51/h14-37,40-46H,38-39H2,1-13H3. The number of nitrogens with zero attached hydrogens (tertiary/aromatic N) is 4. The molecule has 1 aromatic heterocycles. The topological polar surface area (TPSA) is 13.0 Å². The molecule has 0 saturated heterocycles. The van der Waals surface area contributed by atoms with Crippen LogP contribution in [0.2, 0.25) is 0 Å². The van der Waals surface area contributed by atoms with E-state index in [1.54, 1.807) is 0 Å². The van der Waals surface area contributed by atoms with Gasteiger partial charge in [-0.25, -0.2) is 0 Å². The molecular formula is C76H74B2N4S. The summed E-state index contributed by atoms with van der Waals surface area (Å²) in [4.78, 5) is 10.5. The molecule has 10 aromatic rings. The van der Waals surface area contributed by atoms with Gasteiger partial charge in [-0.05, 0) is 191 Å². The number of benzene rings is 9. The van der Waals surface area contributed by atoms with Crippen molar-refractivity contribution in [2.24, 2.45) is 0 Å². The fourth-order valence-electron chi connectivity index (χ4n) is 15.0. The zero-order chi connectivity index (χ0) is 57.4. The van der Waals surface area contributed by atoms with Crippen molar-refractivity contribution in [3.05, 3.63) is 216 Å². The Morgan fingerprint density at radius 1 is 0.361 bits per heavy atom. The second-order valence-corrected chi connectivity index (χ2v) is 29.8. The number of hydrogen-bond donors (Lipinski definition) is 0. The lowest BCUT2D eigenvalue weighted by molar-refractivity contribution is 0.332. The van der Waals surface area contributed by atoms with E-state index >= 15 is 0 Å². The predicted octanol–water partition coefficient (Wildman–Crippen LogP) is 17.3. The predicted molar refractivity (Wildman–Crippen MR) is 361 cm³/mol. The second-order valence-electron chi connectivity index (χ2n) is 28.9. The highest BCUT2D eigenvalue weighted by atomic mass is 32.1. The van der Waals surface area contributed by atoms with Crippen molar-refractivity contribution < 1.29 is 0 Å². The molecule has 0 N–H and O–H groups in total. The third kappa shape index (κ3) is 7.78. The van der Waals surface area contributed by atoms with Crippen LogP contribution in [-0.2, 0) is 27.1 Å². The van der Waals surface area contributed by atoms with Gasteiger partial charge in [-0.15, -0.1) is 11.3 Å². The molecule has 0 amide bonds. The number of anilines is 12. The molecule has 0 bridgehead atoms. The molecular weight excluding hydrogens is 1020 g/mol. The van der Waals surface area contributed by atoms with Crippen LogP contribution in [0.1, 0.15) is 131 Å². The second kappa shape index (κ2) is 17.9. The maximum Gasteiger partial charge on any atom is 0.254 e. The van der Waals surface area contributed by atoms with Crippen molar-refractivity contribution in [3.63, 3.8) is 0 Å². The Bertz CT molecular complexity index is 4310. The zero-order valence-electron chi connectivity index (χ0n) is 50.7. The van der Waals surface area contributed by atoms with Crippen LogP contribution in [0.15, 0.2) is 188 Å². The third-order valence-corrected chi connectivity index (χ3v) is 20.7. The molecule has 0 fully saturated rings. The van der Waals surface area contributed by atoms with Gasteiger partial charge in [0.05, 0.1) is 5.00 Å². The van der Waals surface area contributed by atoms with Crippen LogP contribution in [0.3, 0.4) is 0 Å². The van der Waals surface area contributed by atoms with Gasteiger partial charge in [0.1, 0.15) is 0 Å². The van der Waals surface area contributed by atoms with Gasteiger partial charge in [0.15, 0.2) is 0 Å². The van der Waals surface area contributed by atoms with Gasteiger partial charge in [-0.2, -0.15) is 0 Å². The van der Waals surface area contributed by atoms with Crippen molar-refractivity contribution in [3.8, 4) is 0 Å². The molecule has 1 aliphatic carbocycles. The van der Waals surface area contributed by atoms with E-state index in [2.05, 4.69) is 298 Å². The van der Waals surface area contributed by atoms with Crippen LogP contribution in [0, 0.1) is 0 Å². The van der Waals surface area contributed by atoms with Crippen LogP contribution in [0.5, 0.6) is 0 Å². The van der Waals surface area contributed by atoms with Gasteiger partial charge in [0.25, 0.3) is 13.4 Å². The first-order valence-corrected chi connectivity index (χ1v) is 31.1. The quantitative estimate of drug-likeness (QED) is 0.163. The molecule has 5 heterocycles. The minimum absolute atomic E-state index is 0.0344. The summed E-state index contributed by atoms with van der Waals surface area (Å²) in [6.45, 7) is 31.2. The van der Waals surface area contributed by atoms with Crippen LogP contribution < -0.4 is 52.4 Å². The number of thiophene rings is 1. The summed E-state index contributed by atoms with van der Waals surface area (Å²) < 4.78 is 1.38. The summed E-state index contributed by atoms with van der Waals surface area (Å²) in [6.07, 6.45) is 2.34. The Kier molecular flexibility index (Phi) is 11.2. The third-order valence-electron chi connectivity index (χ3n) is 19.5. The van der Waals surface area contributed by atoms with Crippen LogP contribution in [-0.4, -0.2) is 13.4 Å². The van der Waals surface area contributed by atoms with Crippen molar-refractivity contribution in [1.82, 2.24) is 0 Å². The van der Waals surface area contributed by atoms with Crippen molar-refractivity contribution in [1.29, 1.82) is 0 Å². The highest BCUT2D eigenvalue weighted by Crippen LogP contribution is 2.54. The van der Waals surface area contributed by atoms with Crippen molar-refractivity contribution >= 4 is 135 Å². The Morgan fingerprint density at radius 3 is 1.36 bits per heavy atom. The Morgan fingerprint density at radius 2 is 0.831 bits per heavy atom. The maximum atomic E-state index is 2.73. The van der Waals surface area contributed by atoms with Gasteiger partial charge in [0.2, 0.25) is 0 Å². The number of hydrogen-bond acceptors (Lipinski definition) is 5. The van der Waals surface area contributed by atoms with E-state index in [0.29, 0.717) is 0 Å². The molecule has 83 heavy (non-hydrogen) atoms. The smallest absolute Gasteiger partial charge is 0.254 e. The highest BCUT2D eigenvalue weighted by Gasteiger charge is 2.51. The minimum Gasteiger partial charge on any atom is -0.311 e. The first kappa shape index (κ1) is 52.1. The summed E-state index contributed by atoms with van der Waals surface area (Å²) >= 11 is 2.02. The molecule has 9 aromatic carbocycles. The van der Waals surface area contributed by atoms with Crippen LogP contribution >= 0.6 is 11.3 Å². The fraction of sp³-hybridized carbons (Fsp3) is 0.263. The monoisotopic (exact) mass is 1100 g/mol. The summed E-state index contributed by atoms with van der Waals surface area (Å²) in [6, 6.07) is 73.1. The van der Waals surface area contributed by atoms with Gasteiger partial charge in [-0.3, -0.25) is 0 Å². The van der Waals surface area contributed by atoms with Gasteiger partial charge < -0.3 is 19.6 Å². The van der Waals surface area contributed by atoms with Crippen molar-refractivity contribution in [2.45, 2.75) is 130 Å². The van der Waals surface area contributed by atoms with Crippen LogP contribution in [0.25, 0.3) is 10.1 Å². The van der Waals surface area contributed by atoms with Gasteiger partial charge in [0, 0.05) is 67.3 Å². The lowest BCUT2D eigenvalue weighted by atomic mass is 9.30. The fourth-order valence-corrected chi connectivity index (χ4v) is 16.6. The Hall–Kier alpha value is -7.73. The maximum absolute atomic E-state index is 2.73. The van der Waals surface area contributed by atoms with Crippen molar-refractivity contribution in [2.75, 3.05) is 19.6 Å². The molecule has 7 heteroatoms. The average Bonchev–Trinajstić information content (AvgIpc) is 1.74. The van der Waals surface area contributed by atoms with E-state index in [9.17, 15) is 0 Å². The molecule has 0 unspecified atom stereocenters.